The molecular weight excluding hydrogens is 278 g/mol. The van der Waals surface area contributed by atoms with Crippen LogP contribution < -0.4 is 0 Å². The van der Waals surface area contributed by atoms with E-state index in [-0.39, 0.29) is 17.8 Å². The zero-order valence-corrected chi connectivity index (χ0v) is 11.7. The summed E-state index contributed by atoms with van der Waals surface area (Å²) in [6, 6.07) is 1.18. The van der Waals surface area contributed by atoms with E-state index in [1.54, 1.807) is 13.8 Å². The lowest BCUT2D eigenvalue weighted by atomic mass is 9.90. The van der Waals surface area contributed by atoms with Gasteiger partial charge in [0.05, 0.1) is 21.6 Å². The standard InChI is InChI=1S/C13H15N3O5/c1-8-10(5-9(6-14-8)16(20)21)11(17)15-4-3-13(2,7-15)12(18)19/h5-6H,3-4,7H2,1-2H3,(H,18,19). The highest BCUT2D eigenvalue weighted by Gasteiger charge is 2.42. The number of carboxylic acids is 1. The van der Waals surface area contributed by atoms with E-state index < -0.39 is 22.2 Å². The summed E-state index contributed by atoms with van der Waals surface area (Å²) in [6.07, 6.45) is 1.45. The van der Waals surface area contributed by atoms with Gasteiger partial charge in [-0.15, -0.1) is 0 Å². The number of hydrogen-bond donors (Lipinski definition) is 1. The van der Waals surface area contributed by atoms with E-state index in [1.807, 2.05) is 0 Å². The van der Waals surface area contributed by atoms with Crippen LogP contribution >= 0.6 is 0 Å². The van der Waals surface area contributed by atoms with Crippen molar-refractivity contribution in [2.45, 2.75) is 20.3 Å². The number of nitro groups is 1. The monoisotopic (exact) mass is 293 g/mol. The summed E-state index contributed by atoms with van der Waals surface area (Å²) in [6.45, 7) is 3.57. The molecule has 1 amide bonds. The van der Waals surface area contributed by atoms with Crippen LogP contribution in [0.4, 0.5) is 5.69 Å². The number of hydrogen-bond acceptors (Lipinski definition) is 5. The minimum absolute atomic E-state index is 0.0866. The Kier molecular flexibility index (Phi) is 3.63. The molecule has 1 fully saturated rings. The summed E-state index contributed by atoms with van der Waals surface area (Å²) in [7, 11) is 0. The summed E-state index contributed by atoms with van der Waals surface area (Å²) in [5, 5.41) is 19.9. The molecule has 1 N–H and O–H groups in total. The van der Waals surface area contributed by atoms with Gasteiger partial charge in [-0.3, -0.25) is 24.7 Å². The van der Waals surface area contributed by atoms with Crippen LogP contribution in [0, 0.1) is 22.5 Å². The van der Waals surface area contributed by atoms with E-state index in [0.717, 1.165) is 6.20 Å². The first-order valence-electron chi connectivity index (χ1n) is 6.38. The average molecular weight is 293 g/mol. The molecule has 2 rings (SSSR count). The molecule has 2 heterocycles. The van der Waals surface area contributed by atoms with Crippen molar-refractivity contribution in [2.75, 3.05) is 13.1 Å². The number of aryl methyl sites for hydroxylation is 1. The molecule has 1 aliphatic heterocycles. The molecule has 0 spiro atoms. The fraction of sp³-hybridized carbons (Fsp3) is 0.462. The van der Waals surface area contributed by atoms with Gasteiger partial charge in [0, 0.05) is 19.2 Å². The van der Waals surface area contributed by atoms with Gasteiger partial charge in [-0.25, -0.2) is 0 Å². The second-order valence-corrected chi connectivity index (χ2v) is 5.43. The van der Waals surface area contributed by atoms with Crippen molar-refractivity contribution >= 4 is 17.6 Å². The largest absolute Gasteiger partial charge is 0.481 e. The smallest absolute Gasteiger partial charge is 0.311 e. The van der Waals surface area contributed by atoms with Crippen molar-refractivity contribution in [3.63, 3.8) is 0 Å². The van der Waals surface area contributed by atoms with Gasteiger partial charge in [0.2, 0.25) is 0 Å². The third-order valence-electron chi connectivity index (χ3n) is 3.79. The quantitative estimate of drug-likeness (QED) is 0.662. The van der Waals surface area contributed by atoms with Crippen LogP contribution in [0.15, 0.2) is 12.3 Å². The zero-order valence-electron chi connectivity index (χ0n) is 11.7. The van der Waals surface area contributed by atoms with Crippen molar-refractivity contribution in [2.24, 2.45) is 5.41 Å². The minimum Gasteiger partial charge on any atom is -0.481 e. The second kappa shape index (κ2) is 5.12. The molecule has 0 aliphatic carbocycles. The Balaban J connectivity index is 2.28. The van der Waals surface area contributed by atoms with Crippen LogP contribution in [0.3, 0.4) is 0 Å². The van der Waals surface area contributed by atoms with Gasteiger partial charge in [0.15, 0.2) is 0 Å². The Labute approximate surface area is 120 Å². The highest BCUT2D eigenvalue weighted by Crippen LogP contribution is 2.31. The maximum Gasteiger partial charge on any atom is 0.311 e. The predicted octanol–water partition coefficient (Wildman–Crippen LogP) is 1.24. The number of aromatic nitrogens is 1. The van der Waals surface area contributed by atoms with E-state index in [2.05, 4.69) is 4.98 Å². The SMILES string of the molecule is Cc1ncc([N+](=O)[O-])cc1C(=O)N1CCC(C)(C(=O)O)C1. The first-order chi connectivity index (χ1) is 9.74. The number of carbonyl (C=O) groups is 2. The fourth-order valence-corrected chi connectivity index (χ4v) is 2.32. The fourth-order valence-electron chi connectivity index (χ4n) is 2.32. The van der Waals surface area contributed by atoms with Gasteiger partial charge >= 0.3 is 5.97 Å². The Morgan fingerprint density at radius 3 is 2.71 bits per heavy atom. The number of rotatable bonds is 3. The molecule has 8 nitrogen and oxygen atoms in total. The van der Waals surface area contributed by atoms with E-state index in [1.165, 1.54) is 11.0 Å². The van der Waals surface area contributed by atoms with Crippen LogP contribution in [0.1, 0.15) is 29.4 Å². The lowest BCUT2D eigenvalue weighted by Gasteiger charge is -2.20. The van der Waals surface area contributed by atoms with Gasteiger partial charge in [0.1, 0.15) is 6.20 Å². The number of amides is 1. The Morgan fingerprint density at radius 1 is 1.52 bits per heavy atom. The molecule has 1 saturated heterocycles. The number of nitrogens with zero attached hydrogens (tertiary/aromatic N) is 3. The summed E-state index contributed by atoms with van der Waals surface area (Å²) >= 11 is 0. The summed E-state index contributed by atoms with van der Waals surface area (Å²) in [5.74, 6) is -1.37. The molecule has 0 saturated carbocycles. The molecule has 0 aromatic carbocycles. The van der Waals surface area contributed by atoms with Crippen molar-refractivity contribution in [3.8, 4) is 0 Å². The van der Waals surface area contributed by atoms with Crippen molar-refractivity contribution < 1.29 is 19.6 Å². The highest BCUT2D eigenvalue weighted by atomic mass is 16.6. The van der Waals surface area contributed by atoms with Crippen molar-refractivity contribution in [1.82, 2.24) is 9.88 Å². The van der Waals surface area contributed by atoms with Gasteiger partial charge in [-0.05, 0) is 20.3 Å². The van der Waals surface area contributed by atoms with Crippen LogP contribution in [0.25, 0.3) is 0 Å². The molecule has 21 heavy (non-hydrogen) atoms. The van der Waals surface area contributed by atoms with Gasteiger partial charge in [-0.1, -0.05) is 0 Å². The van der Waals surface area contributed by atoms with Crippen LogP contribution in [-0.2, 0) is 4.79 Å². The molecule has 8 heteroatoms. The van der Waals surface area contributed by atoms with Crippen LogP contribution in [0.5, 0.6) is 0 Å². The highest BCUT2D eigenvalue weighted by molar-refractivity contribution is 5.96. The summed E-state index contributed by atoms with van der Waals surface area (Å²) < 4.78 is 0. The normalized spacial score (nSPS) is 21.3. The van der Waals surface area contributed by atoms with Gasteiger partial charge < -0.3 is 10.0 Å². The molecule has 1 atom stereocenters. The molecule has 1 aromatic heterocycles. The third-order valence-corrected chi connectivity index (χ3v) is 3.79. The first kappa shape index (κ1) is 14.9. The maximum atomic E-state index is 12.4. The topological polar surface area (TPSA) is 114 Å². The molecular formula is C13H15N3O5. The molecule has 1 aromatic rings. The number of likely N-dealkylation sites (tertiary alicyclic amines) is 1. The Bertz CT molecular complexity index is 630. The van der Waals surface area contributed by atoms with E-state index in [0.29, 0.717) is 18.7 Å². The average Bonchev–Trinajstić information content (AvgIpc) is 2.82. The molecule has 0 bridgehead atoms. The van der Waals surface area contributed by atoms with Crippen LogP contribution in [-0.4, -0.2) is 44.9 Å². The first-order valence-corrected chi connectivity index (χ1v) is 6.38. The van der Waals surface area contributed by atoms with E-state index in [4.69, 9.17) is 0 Å². The molecule has 1 aliphatic rings. The van der Waals surface area contributed by atoms with E-state index in [9.17, 15) is 24.8 Å². The van der Waals surface area contributed by atoms with Crippen LogP contribution in [0.2, 0.25) is 0 Å². The predicted molar refractivity (Wildman–Crippen MR) is 71.9 cm³/mol. The van der Waals surface area contributed by atoms with Crippen molar-refractivity contribution in [1.29, 1.82) is 0 Å². The lowest BCUT2D eigenvalue weighted by Crippen LogP contribution is -2.35. The minimum atomic E-state index is -0.974. The number of aliphatic carboxylic acids is 1. The summed E-state index contributed by atoms with van der Waals surface area (Å²) in [5.41, 5.74) is -0.713. The second-order valence-electron chi connectivity index (χ2n) is 5.43. The lowest BCUT2D eigenvalue weighted by molar-refractivity contribution is -0.385. The number of carbonyl (C=O) groups excluding carboxylic acids is 1. The summed E-state index contributed by atoms with van der Waals surface area (Å²) in [4.78, 5) is 39.0. The Morgan fingerprint density at radius 2 is 2.19 bits per heavy atom. The van der Waals surface area contributed by atoms with Gasteiger partial charge in [0.25, 0.3) is 11.6 Å². The molecule has 112 valence electrons. The maximum absolute atomic E-state index is 12.4. The Hall–Kier alpha value is -2.51. The molecule has 1 unspecified atom stereocenters. The van der Waals surface area contributed by atoms with Gasteiger partial charge in [-0.2, -0.15) is 0 Å². The van der Waals surface area contributed by atoms with Crippen molar-refractivity contribution in [3.05, 3.63) is 33.6 Å². The number of pyridine rings is 1. The van der Waals surface area contributed by atoms with E-state index >= 15 is 0 Å². The number of carboxylic acid groups (broad SMARTS) is 1. The zero-order chi connectivity index (χ0) is 15.8. The molecule has 0 radical (unpaired) electrons. The third kappa shape index (κ3) is 2.69.